The van der Waals surface area contributed by atoms with E-state index in [0.717, 1.165) is 0 Å². The molecule has 0 aromatic carbocycles. The maximum atomic E-state index is 10.2. The Kier molecular flexibility index (Phi) is 1.44. The van der Waals surface area contributed by atoms with Crippen molar-refractivity contribution >= 4 is 5.91 Å². The van der Waals surface area contributed by atoms with E-state index in [9.17, 15) is 4.79 Å². The third kappa shape index (κ3) is 1.52. The third-order valence-electron chi connectivity index (χ3n) is 0.763. The van der Waals surface area contributed by atoms with Crippen LogP contribution in [-0.2, 0) is 11.2 Å². The van der Waals surface area contributed by atoms with E-state index in [2.05, 4.69) is 21.5 Å². The van der Waals surface area contributed by atoms with Crippen LogP contribution in [0.15, 0.2) is 0 Å². The van der Waals surface area contributed by atoms with Crippen molar-refractivity contribution in [2.75, 3.05) is 0 Å². The van der Waals surface area contributed by atoms with Crippen molar-refractivity contribution in [2.45, 2.75) is 6.42 Å². The minimum atomic E-state index is -0.430. The normalized spacial score (nSPS) is 9.33. The van der Waals surface area contributed by atoms with Gasteiger partial charge in [-0.3, -0.25) is 4.79 Å². The average Bonchev–Trinajstić information content (AvgIpc) is 2.15. The zero-order valence-corrected chi connectivity index (χ0v) is 4.59. The zero-order valence-electron chi connectivity index (χ0n) is 4.59. The van der Waals surface area contributed by atoms with Gasteiger partial charge >= 0.3 is 0 Å². The summed E-state index contributed by atoms with van der Waals surface area (Å²) in [6.45, 7) is 0. The summed E-state index contributed by atoms with van der Waals surface area (Å²) >= 11 is 0. The maximum Gasteiger partial charge on any atom is 0.225 e. The van der Waals surface area contributed by atoms with Gasteiger partial charge in [-0.1, -0.05) is 0 Å². The van der Waals surface area contributed by atoms with Crippen molar-refractivity contribution in [1.29, 1.82) is 0 Å². The van der Waals surface area contributed by atoms with Crippen molar-refractivity contribution in [3.05, 3.63) is 12.2 Å². The molecule has 0 atom stereocenters. The summed E-state index contributed by atoms with van der Waals surface area (Å²) in [5, 5.41) is 6.83. The first-order valence-corrected chi connectivity index (χ1v) is 2.35. The highest BCUT2D eigenvalue weighted by atomic mass is 16.1. The lowest BCUT2D eigenvalue weighted by Crippen LogP contribution is -2.14. The Morgan fingerprint density at radius 3 is 3.11 bits per heavy atom. The molecular formula is C4H5N4O. The molecule has 0 spiro atoms. The monoisotopic (exact) mass is 125 g/mol. The second-order valence-electron chi connectivity index (χ2n) is 1.53. The van der Waals surface area contributed by atoms with Crippen LogP contribution in [0.3, 0.4) is 0 Å². The number of nitrogens with zero attached hydrogens (tertiary/aromatic N) is 2. The largest absolute Gasteiger partial charge is 0.369 e. The summed E-state index contributed by atoms with van der Waals surface area (Å²) in [6, 6.07) is 0. The fourth-order valence-corrected chi connectivity index (χ4v) is 0.444. The number of aromatic nitrogens is 3. The molecule has 0 fully saturated rings. The highest BCUT2D eigenvalue weighted by Crippen LogP contribution is 1.83. The van der Waals surface area contributed by atoms with Crippen LogP contribution in [0.4, 0.5) is 0 Å². The smallest absolute Gasteiger partial charge is 0.225 e. The van der Waals surface area contributed by atoms with Crippen molar-refractivity contribution < 1.29 is 4.79 Å². The predicted molar refractivity (Wildman–Crippen MR) is 28.1 cm³/mol. The molecule has 1 heterocycles. The summed E-state index contributed by atoms with van der Waals surface area (Å²) in [4.78, 5) is 12.7. The van der Waals surface area contributed by atoms with Crippen molar-refractivity contribution in [3.8, 4) is 0 Å². The van der Waals surface area contributed by atoms with Gasteiger partial charge < -0.3 is 10.7 Å². The molecule has 47 valence electrons. The topological polar surface area (TPSA) is 84.7 Å². The van der Waals surface area contributed by atoms with Crippen molar-refractivity contribution in [1.82, 2.24) is 15.2 Å². The molecule has 1 aromatic rings. The highest BCUT2D eigenvalue weighted by molar-refractivity contribution is 5.75. The van der Waals surface area contributed by atoms with Crippen molar-refractivity contribution in [3.63, 3.8) is 0 Å². The van der Waals surface area contributed by atoms with E-state index < -0.39 is 5.91 Å². The molecule has 0 aliphatic rings. The Balaban J connectivity index is 2.58. The molecular weight excluding hydrogens is 120 g/mol. The number of hydrogen-bond donors (Lipinski definition) is 2. The second-order valence-corrected chi connectivity index (χ2v) is 1.53. The van der Waals surface area contributed by atoms with E-state index >= 15 is 0 Å². The Morgan fingerprint density at radius 1 is 1.89 bits per heavy atom. The van der Waals surface area contributed by atoms with Gasteiger partial charge in [0, 0.05) is 0 Å². The van der Waals surface area contributed by atoms with Crippen LogP contribution in [0.1, 0.15) is 5.82 Å². The van der Waals surface area contributed by atoms with E-state index in [4.69, 9.17) is 5.73 Å². The molecule has 1 radical (unpaired) electrons. The number of rotatable bonds is 2. The van der Waals surface area contributed by atoms with Crippen LogP contribution in [0.25, 0.3) is 0 Å². The third-order valence-corrected chi connectivity index (χ3v) is 0.763. The summed E-state index contributed by atoms with van der Waals surface area (Å²) in [7, 11) is 0. The minimum absolute atomic E-state index is 0.0937. The van der Waals surface area contributed by atoms with E-state index in [1.165, 1.54) is 0 Å². The summed E-state index contributed by atoms with van der Waals surface area (Å²) in [6.07, 6.45) is 2.43. The van der Waals surface area contributed by atoms with Crippen LogP contribution in [0.2, 0.25) is 0 Å². The summed E-state index contributed by atoms with van der Waals surface area (Å²) < 4.78 is 0. The van der Waals surface area contributed by atoms with Gasteiger partial charge in [-0.05, 0) is 0 Å². The van der Waals surface area contributed by atoms with Gasteiger partial charge in [0.25, 0.3) is 0 Å². The number of amides is 1. The fraction of sp³-hybridized carbons (Fsp3) is 0.250. The number of carbonyl (C=O) groups is 1. The van der Waals surface area contributed by atoms with Crippen LogP contribution < -0.4 is 5.73 Å². The predicted octanol–water partition coefficient (Wildman–Crippen LogP) is -1.37. The highest BCUT2D eigenvalue weighted by Gasteiger charge is 1.98. The van der Waals surface area contributed by atoms with Crippen LogP contribution in [-0.4, -0.2) is 21.1 Å². The minimum Gasteiger partial charge on any atom is -0.369 e. The fourth-order valence-electron chi connectivity index (χ4n) is 0.444. The Hall–Kier alpha value is -1.39. The second kappa shape index (κ2) is 2.25. The van der Waals surface area contributed by atoms with Gasteiger partial charge in [-0.15, -0.1) is 10.2 Å². The number of nitrogens with two attached hydrogens (primary N) is 1. The van der Waals surface area contributed by atoms with E-state index in [-0.39, 0.29) is 6.42 Å². The molecule has 5 nitrogen and oxygen atoms in total. The molecule has 0 unspecified atom stereocenters. The first kappa shape index (κ1) is 5.74. The zero-order chi connectivity index (χ0) is 6.69. The van der Waals surface area contributed by atoms with Crippen LogP contribution in [0, 0.1) is 6.33 Å². The number of nitrogens with one attached hydrogen (secondary N) is 1. The van der Waals surface area contributed by atoms with Gasteiger partial charge in [0.2, 0.25) is 5.91 Å². The lowest BCUT2D eigenvalue weighted by Gasteiger charge is -1.84. The first-order valence-electron chi connectivity index (χ1n) is 2.35. The quantitative estimate of drug-likeness (QED) is 0.511. The van der Waals surface area contributed by atoms with E-state index in [1.807, 2.05) is 0 Å². The van der Waals surface area contributed by atoms with Crippen LogP contribution >= 0.6 is 0 Å². The van der Waals surface area contributed by atoms with Gasteiger partial charge in [0.1, 0.15) is 5.82 Å². The van der Waals surface area contributed by atoms with Gasteiger partial charge in [0.05, 0.1) is 6.42 Å². The SMILES string of the molecule is NC(=O)Cc1nn[c][nH]1. The number of H-pyrrole nitrogens is 1. The Bertz CT molecular complexity index is 192. The number of primary amides is 1. The van der Waals surface area contributed by atoms with Gasteiger partial charge in [-0.2, -0.15) is 0 Å². The standard InChI is InChI=1S/C4H5N4O/c5-3(9)1-4-6-2-7-8-4/h1H2,(H2,5,9)(H,6,7,8). The molecule has 1 aromatic heterocycles. The first-order chi connectivity index (χ1) is 4.29. The molecule has 0 saturated heterocycles. The molecule has 9 heavy (non-hydrogen) atoms. The van der Waals surface area contributed by atoms with Crippen molar-refractivity contribution in [2.24, 2.45) is 5.73 Å². The average molecular weight is 125 g/mol. The molecule has 0 saturated carbocycles. The maximum absolute atomic E-state index is 10.2. The summed E-state index contributed by atoms with van der Waals surface area (Å²) in [5.74, 6) is 0.0163. The Labute approximate surface area is 51.3 Å². The van der Waals surface area contributed by atoms with Crippen LogP contribution in [0.5, 0.6) is 0 Å². The lowest BCUT2D eigenvalue weighted by atomic mass is 10.4. The molecule has 5 heteroatoms. The van der Waals surface area contributed by atoms with E-state index in [1.54, 1.807) is 0 Å². The lowest BCUT2D eigenvalue weighted by molar-refractivity contribution is -0.117. The Morgan fingerprint density at radius 2 is 2.67 bits per heavy atom. The number of carbonyl (C=O) groups excluding carboxylic acids is 1. The summed E-state index contributed by atoms with van der Waals surface area (Å²) in [5.41, 5.74) is 4.84. The number of hydrogen-bond acceptors (Lipinski definition) is 3. The van der Waals surface area contributed by atoms with E-state index in [0.29, 0.717) is 5.82 Å². The molecule has 3 N–H and O–H groups in total. The molecule has 0 bridgehead atoms. The molecule has 0 aliphatic carbocycles. The van der Waals surface area contributed by atoms with Gasteiger partial charge in [-0.25, -0.2) is 0 Å². The number of aromatic amines is 1. The molecule has 1 rings (SSSR count). The molecule has 1 amide bonds. The molecule has 0 aliphatic heterocycles. The van der Waals surface area contributed by atoms with Gasteiger partial charge in [0.15, 0.2) is 6.33 Å².